The summed E-state index contributed by atoms with van der Waals surface area (Å²) >= 11 is 1.69. The van der Waals surface area contributed by atoms with Gasteiger partial charge in [0.2, 0.25) is 5.88 Å². The zero-order valence-corrected chi connectivity index (χ0v) is 20.2. The zero-order valence-electron chi connectivity index (χ0n) is 19.4. The number of benzene rings is 1. The molecule has 8 nitrogen and oxygen atoms in total. The van der Waals surface area contributed by atoms with Crippen molar-refractivity contribution in [2.24, 2.45) is 0 Å². The third-order valence-electron chi connectivity index (χ3n) is 5.24. The van der Waals surface area contributed by atoms with Gasteiger partial charge >= 0.3 is 6.09 Å². The Bertz CT molecular complexity index is 1100. The number of carbonyl (C=O) groups excluding carboxylic acids is 1. The summed E-state index contributed by atoms with van der Waals surface area (Å²) in [5, 5.41) is 0. The van der Waals surface area contributed by atoms with Gasteiger partial charge in [-0.3, -0.25) is 4.57 Å². The Hall–Kier alpha value is -3.07. The van der Waals surface area contributed by atoms with Gasteiger partial charge in [0.1, 0.15) is 30.2 Å². The van der Waals surface area contributed by atoms with Crippen LogP contribution in [0.3, 0.4) is 0 Å². The first-order valence-corrected chi connectivity index (χ1v) is 12.2. The van der Waals surface area contributed by atoms with Crippen LogP contribution in [0.1, 0.15) is 33.6 Å². The standard InChI is InChI=1S/C24H29N5O3S/c1-24(2,3)32-23(30)28-11-9-17(10-12-28)31-22-13-21(25-15-26-22)29-14-19(27-16-29)18-7-5-6-8-20(18)33-4/h5-8,13-17H,9-12H2,1-4H3. The van der Waals surface area contributed by atoms with E-state index < -0.39 is 5.60 Å². The van der Waals surface area contributed by atoms with Crippen LogP contribution in [0, 0.1) is 0 Å². The van der Waals surface area contributed by atoms with Crippen molar-refractivity contribution in [2.75, 3.05) is 19.3 Å². The van der Waals surface area contributed by atoms with Crippen molar-refractivity contribution in [1.82, 2.24) is 24.4 Å². The van der Waals surface area contributed by atoms with Crippen LogP contribution < -0.4 is 4.74 Å². The van der Waals surface area contributed by atoms with E-state index in [4.69, 9.17) is 9.47 Å². The maximum Gasteiger partial charge on any atom is 0.410 e. The monoisotopic (exact) mass is 467 g/mol. The molecule has 1 saturated heterocycles. The quantitative estimate of drug-likeness (QED) is 0.497. The molecule has 0 radical (unpaired) electrons. The smallest absolute Gasteiger partial charge is 0.410 e. The largest absolute Gasteiger partial charge is 0.474 e. The first kappa shape index (κ1) is 23.1. The Morgan fingerprint density at radius 3 is 2.61 bits per heavy atom. The molecule has 1 amide bonds. The first-order valence-electron chi connectivity index (χ1n) is 11.0. The summed E-state index contributed by atoms with van der Waals surface area (Å²) in [5.41, 5.74) is 1.48. The average Bonchev–Trinajstić information content (AvgIpc) is 3.29. The molecule has 9 heteroatoms. The zero-order chi connectivity index (χ0) is 23.4. The van der Waals surface area contributed by atoms with Crippen LogP contribution in [-0.4, -0.2) is 61.6 Å². The van der Waals surface area contributed by atoms with Gasteiger partial charge in [0.25, 0.3) is 0 Å². The first-order chi connectivity index (χ1) is 15.8. The fourth-order valence-electron chi connectivity index (χ4n) is 3.63. The second kappa shape index (κ2) is 9.82. The highest BCUT2D eigenvalue weighted by Gasteiger charge is 2.28. The van der Waals surface area contributed by atoms with E-state index in [1.165, 1.54) is 11.2 Å². The van der Waals surface area contributed by atoms with Crippen molar-refractivity contribution in [1.29, 1.82) is 0 Å². The van der Waals surface area contributed by atoms with Crippen LogP contribution in [0.5, 0.6) is 5.88 Å². The normalized spacial score (nSPS) is 14.8. The fourth-order valence-corrected chi connectivity index (χ4v) is 4.24. The van der Waals surface area contributed by atoms with Crippen LogP contribution in [0.4, 0.5) is 4.79 Å². The lowest BCUT2D eigenvalue weighted by atomic mass is 10.1. The molecule has 3 heterocycles. The van der Waals surface area contributed by atoms with Crippen LogP contribution in [-0.2, 0) is 4.74 Å². The molecule has 0 unspecified atom stereocenters. The number of piperidine rings is 1. The van der Waals surface area contributed by atoms with E-state index >= 15 is 0 Å². The predicted octanol–water partition coefficient (Wildman–Crippen LogP) is 4.83. The van der Waals surface area contributed by atoms with Gasteiger partial charge in [-0.15, -0.1) is 11.8 Å². The topological polar surface area (TPSA) is 82.4 Å². The van der Waals surface area contributed by atoms with Crippen molar-refractivity contribution in [3.8, 4) is 23.0 Å². The van der Waals surface area contributed by atoms with Crippen molar-refractivity contribution in [3.63, 3.8) is 0 Å². The average molecular weight is 468 g/mol. The minimum Gasteiger partial charge on any atom is -0.474 e. The number of hydrogen-bond acceptors (Lipinski definition) is 7. The predicted molar refractivity (Wildman–Crippen MR) is 128 cm³/mol. The highest BCUT2D eigenvalue weighted by Crippen LogP contribution is 2.29. The lowest BCUT2D eigenvalue weighted by Crippen LogP contribution is -2.44. The second-order valence-corrected chi connectivity index (χ2v) is 9.71. The number of thioether (sulfide) groups is 1. The molecule has 4 rings (SSSR count). The maximum absolute atomic E-state index is 12.3. The Morgan fingerprint density at radius 2 is 1.88 bits per heavy atom. The number of nitrogens with zero attached hydrogens (tertiary/aromatic N) is 5. The van der Waals surface area contributed by atoms with Gasteiger partial charge in [0, 0.05) is 48.7 Å². The summed E-state index contributed by atoms with van der Waals surface area (Å²) in [6.45, 7) is 6.81. The van der Waals surface area contributed by atoms with E-state index in [1.54, 1.807) is 23.0 Å². The van der Waals surface area contributed by atoms with Crippen LogP contribution in [0.15, 0.2) is 54.1 Å². The number of carbonyl (C=O) groups is 1. The Labute approximate surface area is 198 Å². The van der Waals surface area contributed by atoms with Crippen molar-refractivity contribution < 1.29 is 14.3 Å². The summed E-state index contributed by atoms with van der Waals surface area (Å²) in [6, 6.07) is 10.0. The fraction of sp³-hybridized carbons (Fsp3) is 0.417. The van der Waals surface area contributed by atoms with Crippen molar-refractivity contribution in [2.45, 2.75) is 50.2 Å². The van der Waals surface area contributed by atoms with Crippen LogP contribution >= 0.6 is 11.8 Å². The molecule has 174 valence electrons. The Kier molecular flexibility index (Phi) is 6.88. The summed E-state index contributed by atoms with van der Waals surface area (Å²) < 4.78 is 13.4. The molecular formula is C24H29N5O3S. The van der Waals surface area contributed by atoms with E-state index in [1.807, 2.05) is 49.7 Å². The van der Waals surface area contributed by atoms with Crippen molar-refractivity contribution in [3.05, 3.63) is 49.2 Å². The van der Waals surface area contributed by atoms with E-state index in [-0.39, 0.29) is 12.2 Å². The molecule has 1 aliphatic rings. The molecule has 3 aromatic rings. The van der Waals surface area contributed by atoms with Gasteiger partial charge in [0.15, 0.2) is 0 Å². The van der Waals surface area contributed by atoms with Gasteiger partial charge in [-0.25, -0.2) is 19.7 Å². The highest BCUT2D eigenvalue weighted by atomic mass is 32.2. The van der Waals surface area contributed by atoms with Gasteiger partial charge in [-0.05, 0) is 33.1 Å². The summed E-state index contributed by atoms with van der Waals surface area (Å²) in [6.07, 6.45) is 8.41. The van der Waals surface area contributed by atoms with Crippen LogP contribution in [0.2, 0.25) is 0 Å². The minimum atomic E-state index is -0.494. The second-order valence-electron chi connectivity index (χ2n) is 8.87. The number of imidazole rings is 1. The van der Waals surface area contributed by atoms with Gasteiger partial charge in [-0.2, -0.15) is 0 Å². The van der Waals surface area contributed by atoms with E-state index in [0.717, 1.165) is 24.1 Å². The molecule has 0 N–H and O–H groups in total. The molecule has 0 aliphatic carbocycles. The summed E-state index contributed by atoms with van der Waals surface area (Å²) in [4.78, 5) is 28.4. The minimum absolute atomic E-state index is 0.0155. The SMILES string of the molecule is CSc1ccccc1-c1cn(-c2cc(OC3CCN(C(=O)OC(C)(C)C)CC3)ncn2)cn1. The molecule has 0 bridgehead atoms. The lowest BCUT2D eigenvalue weighted by molar-refractivity contribution is 0.0123. The number of rotatable bonds is 5. The molecular weight excluding hydrogens is 438 g/mol. The molecule has 1 aliphatic heterocycles. The van der Waals surface area contributed by atoms with E-state index in [0.29, 0.717) is 24.8 Å². The molecule has 0 saturated carbocycles. The lowest BCUT2D eigenvalue weighted by Gasteiger charge is -2.33. The number of aromatic nitrogens is 4. The van der Waals surface area contributed by atoms with Crippen LogP contribution in [0.25, 0.3) is 17.1 Å². The van der Waals surface area contributed by atoms with E-state index in [2.05, 4.69) is 33.3 Å². The van der Waals surface area contributed by atoms with Crippen molar-refractivity contribution >= 4 is 17.9 Å². The molecule has 1 aromatic carbocycles. The number of ether oxygens (including phenoxy) is 2. The number of likely N-dealkylation sites (tertiary alicyclic amines) is 1. The third-order valence-corrected chi connectivity index (χ3v) is 6.03. The molecule has 2 aromatic heterocycles. The maximum atomic E-state index is 12.3. The Balaban J connectivity index is 1.40. The van der Waals surface area contributed by atoms with Gasteiger partial charge in [-0.1, -0.05) is 18.2 Å². The number of amides is 1. The van der Waals surface area contributed by atoms with Gasteiger partial charge < -0.3 is 14.4 Å². The molecule has 1 fully saturated rings. The molecule has 33 heavy (non-hydrogen) atoms. The highest BCUT2D eigenvalue weighted by molar-refractivity contribution is 7.98. The van der Waals surface area contributed by atoms with E-state index in [9.17, 15) is 4.79 Å². The summed E-state index contributed by atoms with van der Waals surface area (Å²) in [5.74, 6) is 1.20. The summed E-state index contributed by atoms with van der Waals surface area (Å²) in [7, 11) is 0. The molecule has 0 atom stereocenters. The molecule has 0 spiro atoms. The Morgan fingerprint density at radius 1 is 1.12 bits per heavy atom. The number of hydrogen-bond donors (Lipinski definition) is 0. The third kappa shape index (κ3) is 5.84. The van der Waals surface area contributed by atoms with Gasteiger partial charge in [0.05, 0.1) is 5.69 Å².